The van der Waals surface area contributed by atoms with E-state index in [-0.39, 0.29) is 5.75 Å². The van der Waals surface area contributed by atoms with Crippen molar-refractivity contribution >= 4 is 17.3 Å². The Hall–Kier alpha value is -1.42. The quantitative estimate of drug-likeness (QED) is 0.494. The molecular weight excluding hydrogens is 242 g/mol. The zero-order chi connectivity index (χ0) is 12.4. The molecule has 0 aromatic heterocycles. The van der Waals surface area contributed by atoms with Gasteiger partial charge in [0.25, 0.3) is 0 Å². The largest absolute Gasteiger partial charge is 0.507 e. The van der Waals surface area contributed by atoms with E-state index in [2.05, 4.69) is 5.16 Å². The van der Waals surface area contributed by atoms with Gasteiger partial charge in [-0.25, -0.2) is 0 Å². The topological polar surface area (TPSA) is 62.0 Å². The van der Waals surface area contributed by atoms with E-state index >= 15 is 0 Å². The molecule has 0 amide bonds. The number of oxime groups is 1. The van der Waals surface area contributed by atoms with Gasteiger partial charge in [-0.2, -0.15) is 0 Å². The summed E-state index contributed by atoms with van der Waals surface area (Å²) in [4.78, 5) is 0. The maximum Gasteiger partial charge on any atom is 0.129 e. The van der Waals surface area contributed by atoms with Crippen LogP contribution >= 0.6 is 11.6 Å². The average molecular weight is 256 g/mol. The first-order valence-corrected chi connectivity index (χ1v) is 5.81. The molecule has 4 nitrogen and oxygen atoms in total. The third-order valence-corrected chi connectivity index (χ3v) is 3.16. The van der Waals surface area contributed by atoms with Crippen LogP contribution < -0.4 is 4.74 Å². The van der Waals surface area contributed by atoms with Gasteiger partial charge in [-0.3, -0.25) is 0 Å². The lowest BCUT2D eigenvalue weighted by atomic mass is 10.0. The van der Waals surface area contributed by atoms with E-state index in [9.17, 15) is 5.11 Å². The molecular formula is C12H14ClNO3. The predicted octanol–water partition coefficient (Wildman–Crippen LogP) is 3.03. The fourth-order valence-electron chi connectivity index (χ4n) is 1.76. The molecule has 1 aromatic rings. The number of rotatable bonds is 4. The molecule has 17 heavy (non-hydrogen) atoms. The normalized spacial score (nSPS) is 16.0. The van der Waals surface area contributed by atoms with Crippen LogP contribution in [0.4, 0.5) is 0 Å². The molecule has 0 saturated heterocycles. The highest BCUT2D eigenvalue weighted by atomic mass is 35.5. The van der Waals surface area contributed by atoms with Gasteiger partial charge < -0.3 is 15.1 Å². The van der Waals surface area contributed by atoms with Crippen LogP contribution in [0.1, 0.15) is 24.8 Å². The molecule has 2 N–H and O–H groups in total. The molecule has 0 heterocycles. The number of hydrogen-bond donors (Lipinski definition) is 2. The molecule has 1 aromatic carbocycles. The zero-order valence-corrected chi connectivity index (χ0v) is 10.2. The van der Waals surface area contributed by atoms with Crippen LogP contribution in [0.25, 0.3) is 0 Å². The Labute approximate surface area is 104 Å². The third-order valence-electron chi connectivity index (χ3n) is 2.87. The van der Waals surface area contributed by atoms with Gasteiger partial charge in [-0.05, 0) is 31.2 Å². The van der Waals surface area contributed by atoms with Gasteiger partial charge in [-0.15, -0.1) is 0 Å². The number of benzene rings is 1. The maximum atomic E-state index is 9.88. The van der Waals surface area contributed by atoms with Gasteiger partial charge in [-0.1, -0.05) is 16.8 Å². The molecule has 2 rings (SSSR count). The van der Waals surface area contributed by atoms with Gasteiger partial charge in [0, 0.05) is 6.07 Å². The first-order valence-electron chi connectivity index (χ1n) is 5.43. The molecule has 1 aliphatic carbocycles. The molecule has 0 unspecified atom stereocenters. The number of phenolic OH excluding ortho intramolecular Hbond substituents is 1. The van der Waals surface area contributed by atoms with Crippen molar-refractivity contribution in [2.24, 2.45) is 11.1 Å². The number of methoxy groups -OCH3 is 1. The highest BCUT2D eigenvalue weighted by Crippen LogP contribution is 2.38. The lowest BCUT2D eigenvalue weighted by Crippen LogP contribution is -2.04. The van der Waals surface area contributed by atoms with Crippen molar-refractivity contribution in [3.05, 3.63) is 22.7 Å². The van der Waals surface area contributed by atoms with E-state index in [1.807, 2.05) is 0 Å². The fourth-order valence-corrected chi connectivity index (χ4v) is 2.07. The SMILES string of the molecule is COc1cc(O)c(/C(CC2CC2)=N\O)c(Cl)c1. The van der Waals surface area contributed by atoms with Crippen LogP contribution in [0, 0.1) is 5.92 Å². The van der Waals surface area contributed by atoms with Gasteiger partial charge in [0.05, 0.1) is 23.4 Å². The number of phenols is 1. The highest BCUT2D eigenvalue weighted by molar-refractivity contribution is 6.34. The molecule has 0 atom stereocenters. The molecule has 1 fully saturated rings. The van der Waals surface area contributed by atoms with E-state index in [4.69, 9.17) is 21.5 Å². The smallest absolute Gasteiger partial charge is 0.129 e. The Morgan fingerprint density at radius 1 is 1.53 bits per heavy atom. The van der Waals surface area contributed by atoms with Crippen molar-refractivity contribution in [1.29, 1.82) is 0 Å². The number of ether oxygens (including phenoxy) is 1. The van der Waals surface area contributed by atoms with Crippen molar-refractivity contribution in [1.82, 2.24) is 0 Å². The van der Waals surface area contributed by atoms with Crippen LogP contribution in [-0.2, 0) is 0 Å². The lowest BCUT2D eigenvalue weighted by Gasteiger charge is -2.10. The summed E-state index contributed by atoms with van der Waals surface area (Å²) in [6.07, 6.45) is 2.90. The minimum atomic E-state index is -0.0252. The summed E-state index contributed by atoms with van der Waals surface area (Å²) in [5.74, 6) is 0.987. The molecule has 92 valence electrons. The van der Waals surface area contributed by atoms with Gasteiger partial charge in [0.15, 0.2) is 0 Å². The van der Waals surface area contributed by atoms with Crippen LogP contribution in [0.15, 0.2) is 17.3 Å². The monoisotopic (exact) mass is 255 g/mol. The third kappa shape index (κ3) is 2.64. The number of aromatic hydroxyl groups is 1. The van der Waals surface area contributed by atoms with E-state index < -0.39 is 0 Å². The summed E-state index contributed by atoms with van der Waals surface area (Å²) >= 11 is 6.06. The van der Waals surface area contributed by atoms with Crippen LogP contribution in [0.3, 0.4) is 0 Å². The first-order chi connectivity index (χ1) is 8.15. The Bertz CT molecular complexity index is 432. The summed E-state index contributed by atoms with van der Waals surface area (Å²) < 4.78 is 4.99. The molecule has 1 saturated carbocycles. The predicted molar refractivity (Wildman–Crippen MR) is 65.3 cm³/mol. The van der Waals surface area contributed by atoms with Crippen molar-refractivity contribution in [2.45, 2.75) is 19.3 Å². The maximum absolute atomic E-state index is 9.88. The van der Waals surface area contributed by atoms with Crippen molar-refractivity contribution in [3.8, 4) is 11.5 Å². The molecule has 1 aliphatic rings. The number of nitrogens with zero attached hydrogens (tertiary/aromatic N) is 1. The second-order valence-electron chi connectivity index (χ2n) is 4.20. The zero-order valence-electron chi connectivity index (χ0n) is 9.48. The van der Waals surface area contributed by atoms with E-state index in [1.54, 1.807) is 6.07 Å². The minimum Gasteiger partial charge on any atom is -0.507 e. The van der Waals surface area contributed by atoms with Crippen molar-refractivity contribution in [2.75, 3.05) is 7.11 Å². The summed E-state index contributed by atoms with van der Waals surface area (Å²) in [5.41, 5.74) is 0.819. The molecule has 0 aliphatic heterocycles. The second-order valence-corrected chi connectivity index (χ2v) is 4.60. The van der Waals surface area contributed by atoms with Crippen LogP contribution in [0.2, 0.25) is 5.02 Å². The fraction of sp³-hybridized carbons (Fsp3) is 0.417. The van der Waals surface area contributed by atoms with E-state index in [1.165, 1.54) is 13.2 Å². The highest BCUT2D eigenvalue weighted by Gasteiger charge is 2.26. The molecule has 0 radical (unpaired) electrons. The lowest BCUT2D eigenvalue weighted by molar-refractivity contribution is 0.317. The summed E-state index contributed by atoms with van der Waals surface area (Å²) in [6, 6.07) is 3.05. The molecule has 0 spiro atoms. The second kappa shape index (κ2) is 4.84. The van der Waals surface area contributed by atoms with Crippen molar-refractivity contribution < 1.29 is 15.1 Å². The van der Waals surface area contributed by atoms with Crippen LogP contribution in [-0.4, -0.2) is 23.1 Å². The Morgan fingerprint density at radius 2 is 2.24 bits per heavy atom. The Kier molecular flexibility index (Phi) is 3.43. The van der Waals surface area contributed by atoms with E-state index in [0.717, 1.165) is 12.8 Å². The average Bonchev–Trinajstić information content (AvgIpc) is 3.10. The first kappa shape index (κ1) is 12.0. The van der Waals surface area contributed by atoms with Crippen LogP contribution in [0.5, 0.6) is 11.5 Å². The molecule has 5 heteroatoms. The van der Waals surface area contributed by atoms with Crippen molar-refractivity contribution in [3.63, 3.8) is 0 Å². The summed E-state index contributed by atoms with van der Waals surface area (Å²) in [7, 11) is 1.50. The Morgan fingerprint density at radius 3 is 2.71 bits per heavy atom. The summed E-state index contributed by atoms with van der Waals surface area (Å²) in [6.45, 7) is 0. The number of hydrogen-bond acceptors (Lipinski definition) is 4. The standard InChI is InChI=1S/C12H14ClNO3/c1-17-8-5-9(13)12(11(15)6-8)10(14-16)4-7-2-3-7/h5-7,15-16H,2-4H2,1H3/b14-10-. The van der Waals surface area contributed by atoms with E-state index in [0.29, 0.717) is 34.4 Å². The minimum absolute atomic E-state index is 0.0252. The Balaban J connectivity index is 2.35. The van der Waals surface area contributed by atoms with Gasteiger partial charge >= 0.3 is 0 Å². The summed E-state index contributed by atoms with van der Waals surface area (Å²) in [5, 5.41) is 22.5. The van der Waals surface area contributed by atoms with Gasteiger partial charge in [0.2, 0.25) is 0 Å². The van der Waals surface area contributed by atoms with Gasteiger partial charge in [0.1, 0.15) is 11.5 Å². The molecule has 0 bridgehead atoms. The number of halogens is 1.